The van der Waals surface area contributed by atoms with Crippen molar-refractivity contribution in [1.29, 1.82) is 0 Å². The van der Waals surface area contributed by atoms with Crippen molar-refractivity contribution >= 4 is 17.4 Å². The van der Waals surface area contributed by atoms with E-state index in [9.17, 15) is 0 Å². The number of halogens is 1. The Balaban J connectivity index is 2.01. The molecule has 1 aliphatic heterocycles. The molecule has 0 spiro atoms. The zero-order valence-corrected chi connectivity index (χ0v) is 13.5. The van der Waals surface area contributed by atoms with Crippen molar-refractivity contribution in [2.45, 2.75) is 46.6 Å². The second-order valence-corrected chi connectivity index (χ2v) is 6.95. The molecule has 0 amide bonds. The highest BCUT2D eigenvalue weighted by Gasteiger charge is 2.35. The van der Waals surface area contributed by atoms with E-state index in [4.69, 9.17) is 16.3 Å². The van der Waals surface area contributed by atoms with E-state index >= 15 is 0 Å². The number of nitrogens with one attached hydrogen (secondary N) is 1. The molecule has 1 aromatic heterocycles. The van der Waals surface area contributed by atoms with Gasteiger partial charge in [-0.1, -0.05) is 32.4 Å². The summed E-state index contributed by atoms with van der Waals surface area (Å²) < 4.78 is 5.99. The summed E-state index contributed by atoms with van der Waals surface area (Å²) in [6.07, 6.45) is 2.59. The quantitative estimate of drug-likeness (QED) is 0.864. The number of anilines is 1. The first-order chi connectivity index (χ1) is 9.36. The lowest BCUT2D eigenvalue weighted by Gasteiger charge is -2.40. The molecule has 2 unspecified atom stereocenters. The number of aromatic nitrogens is 2. The van der Waals surface area contributed by atoms with Crippen molar-refractivity contribution in [3.8, 4) is 0 Å². The molecule has 20 heavy (non-hydrogen) atoms. The Morgan fingerprint density at radius 3 is 2.80 bits per heavy atom. The number of aryl methyl sites for hydroxylation is 1. The standard InChI is InChI=1S/C15H24ClN3O/c1-10-18-12(16)8-13(19-10)17-9-11-6-5-7-20-14(11)15(2,3)4/h8,11,14H,5-7,9H2,1-4H3,(H,17,18,19). The first kappa shape index (κ1) is 15.5. The minimum absolute atomic E-state index is 0.159. The molecule has 5 heteroatoms. The van der Waals surface area contributed by atoms with Crippen molar-refractivity contribution in [3.05, 3.63) is 17.0 Å². The van der Waals surface area contributed by atoms with Crippen LogP contribution < -0.4 is 5.32 Å². The van der Waals surface area contributed by atoms with E-state index in [1.807, 2.05) is 6.92 Å². The molecule has 1 aliphatic rings. The van der Waals surface area contributed by atoms with Gasteiger partial charge in [-0.3, -0.25) is 0 Å². The molecule has 1 aromatic rings. The van der Waals surface area contributed by atoms with Crippen molar-refractivity contribution in [1.82, 2.24) is 9.97 Å². The number of rotatable bonds is 3. The van der Waals surface area contributed by atoms with E-state index in [-0.39, 0.29) is 11.5 Å². The minimum atomic E-state index is 0.159. The Hall–Kier alpha value is -0.870. The van der Waals surface area contributed by atoms with E-state index in [0.717, 1.165) is 25.4 Å². The Morgan fingerprint density at radius 2 is 2.15 bits per heavy atom. The number of hydrogen-bond donors (Lipinski definition) is 1. The lowest BCUT2D eigenvalue weighted by molar-refractivity contribution is -0.0814. The SMILES string of the molecule is Cc1nc(Cl)cc(NCC2CCCOC2C(C)(C)C)n1. The fourth-order valence-corrected chi connectivity index (χ4v) is 3.09. The zero-order chi connectivity index (χ0) is 14.8. The van der Waals surface area contributed by atoms with Crippen molar-refractivity contribution < 1.29 is 4.74 Å². The van der Waals surface area contributed by atoms with Crippen LogP contribution in [-0.4, -0.2) is 29.2 Å². The summed E-state index contributed by atoms with van der Waals surface area (Å²) in [4.78, 5) is 8.43. The van der Waals surface area contributed by atoms with Gasteiger partial charge in [0.1, 0.15) is 16.8 Å². The van der Waals surface area contributed by atoms with Crippen LogP contribution in [0.2, 0.25) is 5.15 Å². The van der Waals surface area contributed by atoms with Gasteiger partial charge in [0.05, 0.1) is 6.10 Å². The summed E-state index contributed by atoms with van der Waals surface area (Å²) in [5, 5.41) is 3.86. The average molecular weight is 298 g/mol. The van der Waals surface area contributed by atoms with Gasteiger partial charge in [-0.2, -0.15) is 0 Å². The van der Waals surface area contributed by atoms with Gasteiger partial charge in [-0.25, -0.2) is 9.97 Å². The predicted octanol–water partition coefficient (Wildman–Crippen LogP) is 3.69. The second-order valence-electron chi connectivity index (χ2n) is 6.56. The molecular formula is C15H24ClN3O. The summed E-state index contributed by atoms with van der Waals surface area (Å²) in [6.45, 7) is 10.3. The molecule has 0 bridgehead atoms. The van der Waals surface area contributed by atoms with Gasteiger partial charge in [0, 0.05) is 25.1 Å². The summed E-state index contributed by atoms with van der Waals surface area (Å²) in [7, 11) is 0. The molecule has 0 saturated carbocycles. The van der Waals surface area contributed by atoms with Gasteiger partial charge < -0.3 is 10.1 Å². The Kier molecular flexibility index (Phi) is 4.86. The van der Waals surface area contributed by atoms with E-state index in [1.54, 1.807) is 6.07 Å². The maximum Gasteiger partial charge on any atom is 0.134 e. The Bertz CT molecular complexity index is 439. The van der Waals surface area contributed by atoms with Crippen LogP contribution in [0.25, 0.3) is 0 Å². The largest absolute Gasteiger partial charge is 0.377 e. The molecule has 112 valence electrons. The molecule has 0 aliphatic carbocycles. The third-order valence-corrected chi connectivity index (χ3v) is 3.84. The van der Waals surface area contributed by atoms with Crippen molar-refractivity contribution in [2.75, 3.05) is 18.5 Å². The third kappa shape index (κ3) is 4.06. The number of nitrogens with zero attached hydrogens (tertiary/aromatic N) is 2. The summed E-state index contributed by atoms with van der Waals surface area (Å²) >= 11 is 5.96. The fourth-order valence-electron chi connectivity index (χ4n) is 2.87. The van der Waals surface area contributed by atoms with Gasteiger partial charge in [0.15, 0.2) is 0 Å². The zero-order valence-electron chi connectivity index (χ0n) is 12.7. The summed E-state index contributed by atoms with van der Waals surface area (Å²) in [5.74, 6) is 1.98. The Morgan fingerprint density at radius 1 is 1.40 bits per heavy atom. The van der Waals surface area contributed by atoms with Gasteiger partial charge in [0.25, 0.3) is 0 Å². The fraction of sp³-hybridized carbons (Fsp3) is 0.733. The average Bonchev–Trinajstić information content (AvgIpc) is 2.34. The molecular weight excluding hydrogens is 274 g/mol. The summed E-state index contributed by atoms with van der Waals surface area (Å²) in [6, 6.07) is 1.77. The maximum atomic E-state index is 5.99. The molecule has 0 aromatic carbocycles. The van der Waals surface area contributed by atoms with Gasteiger partial charge >= 0.3 is 0 Å². The monoisotopic (exact) mass is 297 g/mol. The van der Waals surface area contributed by atoms with E-state index < -0.39 is 0 Å². The van der Waals surface area contributed by atoms with Crippen molar-refractivity contribution in [2.24, 2.45) is 11.3 Å². The first-order valence-electron chi connectivity index (χ1n) is 7.23. The number of hydrogen-bond acceptors (Lipinski definition) is 4. The van der Waals surface area contributed by atoms with Crippen LogP contribution in [0.3, 0.4) is 0 Å². The van der Waals surface area contributed by atoms with Crippen LogP contribution in [-0.2, 0) is 4.74 Å². The van der Waals surface area contributed by atoms with Crippen LogP contribution in [0.15, 0.2) is 6.07 Å². The minimum Gasteiger partial charge on any atom is -0.377 e. The lowest BCUT2D eigenvalue weighted by Crippen LogP contribution is -2.42. The molecule has 1 fully saturated rings. The van der Waals surface area contributed by atoms with Crippen LogP contribution in [0, 0.1) is 18.3 Å². The second kappa shape index (κ2) is 6.27. The summed E-state index contributed by atoms with van der Waals surface area (Å²) in [5.41, 5.74) is 0.159. The highest BCUT2D eigenvalue weighted by Crippen LogP contribution is 2.34. The van der Waals surface area contributed by atoms with Gasteiger partial charge in [0.2, 0.25) is 0 Å². The molecule has 2 heterocycles. The van der Waals surface area contributed by atoms with Crippen molar-refractivity contribution in [3.63, 3.8) is 0 Å². The normalized spacial score (nSPS) is 23.6. The highest BCUT2D eigenvalue weighted by atomic mass is 35.5. The van der Waals surface area contributed by atoms with Crippen LogP contribution in [0.5, 0.6) is 0 Å². The van der Waals surface area contributed by atoms with Crippen LogP contribution >= 0.6 is 11.6 Å². The van der Waals surface area contributed by atoms with Gasteiger partial charge in [-0.05, 0) is 25.2 Å². The predicted molar refractivity (Wildman–Crippen MR) is 82.2 cm³/mol. The van der Waals surface area contributed by atoms with E-state index in [2.05, 4.69) is 36.1 Å². The third-order valence-electron chi connectivity index (χ3n) is 3.65. The highest BCUT2D eigenvalue weighted by molar-refractivity contribution is 6.29. The molecule has 2 rings (SSSR count). The van der Waals surface area contributed by atoms with E-state index in [1.165, 1.54) is 6.42 Å². The number of ether oxygens (including phenoxy) is 1. The molecule has 2 atom stereocenters. The molecule has 0 radical (unpaired) electrons. The smallest absolute Gasteiger partial charge is 0.134 e. The maximum absolute atomic E-state index is 5.99. The van der Waals surface area contributed by atoms with Gasteiger partial charge in [-0.15, -0.1) is 0 Å². The van der Waals surface area contributed by atoms with Crippen LogP contribution in [0.1, 0.15) is 39.4 Å². The van der Waals surface area contributed by atoms with E-state index in [0.29, 0.717) is 16.9 Å². The topological polar surface area (TPSA) is 47.0 Å². The lowest BCUT2D eigenvalue weighted by atomic mass is 9.78. The molecule has 1 saturated heterocycles. The molecule has 4 nitrogen and oxygen atoms in total. The molecule has 1 N–H and O–H groups in total. The van der Waals surface area contributed by atoms with Crippen LogP contribution in [0.4, 0.5) is 5.82 Å². The first-order valence-corrected chi connectivity index (χ1v) is 7.61. The Labute approximate surface area is 126 Å².